The fraction of sp³-hybridized carbons (Fsp3) is 0. The lowest BCUT2D eigenvalue weighted by molar-refractivity contribution is 1.18. The Labute approximate surface area is 277 Å². The van der Waals surface area contributed by atoms with E-state index in [-0.39, 0.29) is 0 Å². The highest BCUT2D eigenvalue weighted by atomic mass is 15.0. The van der Waals surface area contributed by atoms with Crippen molar-refractivity contribution in [3.63, 3.8) is 0 Å². The number of nitriles is 1. The van der Waals surface area contributed by atoms with E-state index < -0.39 is 0 Å². The standard InChI is InChI=1S/C44H26N4/c1-46-30-22-25-44-39(27-30)38-17-7-8-18-40(38)47(44)31-23-24-32(29(26-31)28-45)33-12-2-3-13-34(33)35-14-4-9-19-41(35)48-42-20-10-5-15-36(42)37-16-6-11-21-43(37)48/h2-27H. The van der Waals surface area contributed by atoms with Crippen LogP contribution in [0.1, 0.15) is 5.56 Å². The van der Waals surface area contributed by atoms with Gasteiger partial charge in [-0.2, -0.15) is 5.26 Å². The van der Waals surface area contributed by atoms with Gasteiger partial charge in [0.2, 0.25) is 0 Å². The smallest absolute Gasteiger partial charge is 0.188 e. The van der Waals surface area contributed by atoms with Crippen LogP contribution in [0, 0.1) is 17.9 Å². The molecule has 2 aromatic heterocycles. The largest absolute Gasteiger partial charge is 0.309 e. The summed E-state index contributed by atoms with van der Waals surface area (Å²) in [6.07, 6.45) is 0. The van der Waals surface area contributed by atoms with Gasteiger partial charge in [-0.25, -0.2) is 4.85 Å². The minimum atomic E-state index is 0.595. The number of aromatic nitrogens is 2. The molecule has 0 aliphatic heterocycles. The van der Waals surface area contributed by atoms with Crippen molar-refractivity contribution in [2.45, 2.75) is 0 Å². The van der Waals surface area contributed by atoms with Crippen molar-refractivity contribution in [1.29, 1.82) is 5.26 Å². The molecule has 0 fully saturated rings. The van der Waals surface area contributed by atoms with Crippen molar-refractivity contribution < 1.29 is 0 Å². The van der Waals surface area contributed by atoms with Crippen molar-refractivity contribution >= 4 is 49.3 Å². The number of nitrogens with zero attached hydrogens (tertiary/aromatic N) is 4. The number of hydrogen-bond donors (Lipinski definition) is 0. The summed E-state index contributed by atoms with van der Waals surface area (Å²) in [6.45, 7) is 7.54. The highest BCUT2D eigenvalue weighted by Crippen LogP contribution is 2.41. The van der Waals surface area contributed by atoms with Gasteiger partial charge in [-0.05, 0) is 65.0 Å². The van der Waals surface area contributed by atoms with E-state index in [0.717, 1.165) is 66.5 Å². The molecule has 0 bridgehead atoms. The van der Waals surface area contributed by atoms with Gasteiger partial charge in [-0.3, -0.25) is 0 Å². The van der Waals surface area contributed by atoms with E-state index in [0.29, 0.717) is 11.3 Å². The molecule has 48 heavy (non-hydrogen) atoms. The maximum atomic E-state index is 10.6. The lowest BCUT2D eigenvalue weighted by Gasteiger charge is -2.18. The third-order valence-electron chi connectivity index (χ3n) is 9.40. The van der Waals surface area contributed by atoms with E-state index in [9.17, 15) is 5.26 Å². The zero-order valence-electron chi connectivity index (χ0n) is 25.8. The van der Waals surface area contributed by atoms with Gasteiger partial charge in [-0.1, -0.05) is 109 Å². The van der Waals surface area contributed by atoms with Crippen LogP contribution in [0.3, 0.4) is 0 Å². The summed E-state index contributed by atoms with van der Waals surface area (Å²) in [5.41, 5.74) is 11.6. The maximum absolute atomic E-state index is 10.6. The normalized spacial score (nSPS) is 11.3. The number of fused-ring (bicyclic) bond motifs is 6. The zero-order chi connectivity index (χ0) is 32.2. The molecule has 0 saturated carbocycles. The Morgan fingerprint density at radius 3 is 1.62 bits per heavy atom. The van der Waals surface area contributed by atoms with Crippen molar-refractivity contribution in [2.24, 2.45) is 0 Å². The first-order valence-electron chi connectivity index (χ1n) is 15.9. The fourth-order valence-electron chi connectivity index (χ4n) is 7.34. The van der Waals surface area contributed by atoms with Gasteiger partial charge in [0.15, 0.2) is 5.69 Å². The first-order chi connectivity index (χ1) is 23.7. The van der Waals surface area contributed by atoms with Crippen molar-refractivity contribution in [3.05, 3.63) is 175 Å². The van der Waals surface area contributed by atoms with E-state index in [4.69, 9.17) is 6.57 Å². The van der Waals surface area contributed by atoms with Crippen LogP contribution < -0.4 is 0 Å². The molecule has 0 atom stereocenters. The summed E-state index contributed by atoms with van der Waals surface area (Å²) >= 11 is 0. The minimum Gasteiger partial charge on any atom is -0.309 e. The van der Waals surface area contributed by atoms with E-state index in [1.807, 2.05) is 42.5 Å². The lowest BCUT2D eigenvalue weighted by atomic mass is 9.91. The summed E-state index contributed by atoms with van der Waals surface area (Å²) in [5.74, 6) is 0. The predicted molar refractivity (Wildman–Crippen MR) is 197 cm³/mol. The Kier molecular flexibility index (Phi) is 6.22. The topological polar surface area (TPSA) is 38.0 Å². The van der Waals surface area contributed by atoms with Crippen molar-refractivity contribution in [1.82, 2.24) is 9.13 Å². The highest BCUT2D eigenvalue weighted by molar-refractivity contribution is 6.11. The monoisotopic (exact) mass is 610 g/mol. The Hall–Kier alpha value is -6.88. The highest BCUT2D eigenvalue weighted by Gasteiger charge is 2.19. The zero-order valence-corrected chi connectivity index (χ0v) is 25.8. The summed E-state index contributed by atoms with van der Waals surface area (Å²) in [6, 6.07) is 56.7. The molecule has 4 nitrogen and oxygen atoms in total. The van der Waals surface area contributed by atoms with Gasteiger partial charge in [0.1, 0.15) is 0 Å². The predicted octanol–water partition coefficient (Wildman–Crippen LogP) is 11.6. The van der Waals surface area contributed by atoms with Gasteiger partial charge in [0.05, 0.1) is 46.0 Å². The van der Waals surface area contributed by atoms with Gasteiger partial charge in [0.25, 0.3) is 0 Å². The second kappa shape index (κ2) is 10.9. The molecule has 9 rings (SSSR count). The maximum Gasteiger partial charge on any atom is 0.188 e. The van der Waals surface area contributed by atoms with E-state index in [2.05, 4.69) is 135 Å². The van der Waals surface area contributed by atoms with Crippen molar-refractivity contribution in [2.75, 3.05) is 0 Å². The molecule has 9 aromatic rings. The second-order valence-electron chi connectivity index (χ2n) is 11.9. The average Bonchev–Trinajstić information content (AvgIpc) is 3.67. The van der Waals surface area contributed by atoms with Crippen LogP contribution in [-0.2, 0) is 0 Å². The molecule has 0 unspecified atom stereocenters. The fourth-order valence-corrected chi connectivity index (χ4v) is 7.34. The Morgan fingerprint density at radius 2 is 0.979 bits per heavy atom. The molecular formula is C44H26N4. The summed E-state index contributed by atoms with van der Waals surface area (Å²) in [5, 5.41) is 15.1. The van der Waals surface area contributed by atoms with Gasteiger partial charge >= 0.3 is 0 Å². The molecule has 7 aromatic carbocycles. The van der Waals surface area contributed by atoms with Crippen LogP contribution in [0.5, 0.6) is 0 Å². The first-order valence-corrected chi connectivity index (χ1v) is 15.9. The molecular weight excluding hydrogens is 585 g/mol. The van der Waals surface area contributed by atoms with E-state index in [1.54, 1.807) is 0 Å². The van der Waals surface area contributed by atoms with Gasteiger partial charge < -0.3 is 9.13 Å². The van der Waals surface area contributed by atoms with E-state index in [1.165, 1.54) is 10.8 Å². The Bertz CT molecular complexity index is 2760. The van der Waals surface area contributed by atoms with Crippen LogP contribution in [-0.4, -0.2) is 9.13 Å². The molecule has 0 aliphatic rings. The number of para-hydroxylation sites is 4. The molecule has 0 aliphatic carbocycles. The molecule has 222 valence electrons. The molecule has 0 amide bonds. The minimum absolute atomic E-state index is 0.595. The lowest BCUT2D eigenvalue weighted by Crippen LogP contribution is -1.99. The number of hydrogen-bond acceptors (Lipinski definition) is 1. The molecule has 0 spiro atoms. The Balaban J connectivity index is 1.24. The van der Waals surface area contributed by atoms with Gasteiger partial charge in [-0.15, -0.1) is 0 Å². The first kappa shape index (κ1) is 27.4. The third kappa shape index (κ3) is 4.07. The SMILES string of the molecule is [C-]#[N+]c1ccc2c(c1)c1ccccc1n2-c1ccc(-c2ccccc2-c2ccccc2-n2c3ccccc3c3ccccc32)c(C#N)c1. The number of rotatable bonds is 4. The molecule has 4 heteroatoms. The Morgan fingerprint density at radius 1 is 0.458 bits per heavy atom. The van der Waals surface area contributed by atoms with Crippen LogP contribution in [0.15, 0.2) is 158 Å². The third-order valence-corrected chi connectivity index (χ3v) is 9.40. The molecule has 0 N–H and O–H groups in total. The molecule has 2 heterocycles. The molecule has 0 saturated heterocycles. The van der Waals surface area contributed by atoms with Crippen LogP contribution in [0.4, 0.5) is 5.69 Å². The van der Waals surface area contributed by atoms with Crippen LogP contribution in [0.2, 0.25) is 0 Å². The summed E-state index contributed by atoms with van der Waals surface area (Å²) in [7, 11) is 0. The van der Waals surface area contributed by atoms with Crippen LogP contribution in [0.25, 0.3) is 82.1 Å². The quantitative estimate of drug-likeness (QED) is 0.183. The van der Waals surface area contributed by atoms with E-state index >= 15 is 0 Å². The molecule has 0 radical (unpaired) electrons. The van der Waals surface area contributed by atoms with Crippen LogP contribution >= 0.6 is 0 Å². The van der Waals surface area contributed by atoms with Crippen molar-refractivity contribution in [3.8, 4) is 39.7 Å². The second-order valence-corrected chi connectivity index (χ2v) is 11.9. The van der Waals surface area contributed by atoms with Gasteiger partial charge in [0, 0.05) is 33.0 Å². The number of benzene rings is 7. The average molecular weight is 611 g/mol. The summed E-state index contributed by atoms with van der Waals surface area (Å²) in [4.78, 5) is 3.66. The summed E-state index contributed by atoms with van der Waals surface area (Å²) < 4.78 is 4.54.